The molecule has 4 rings (SSSR count). The van der Waals surface area contributed by atoms with E-state index in [1.165, 1.54) is 0 Å². The lowest BCUT2D eigenvalue weighted by molar-refractivity contribution is -0.115. The Hall–Kier alpha value is -2.32. The Morgan fingerprint density at radius 3 is 2.44 bits per heavy atom. The molecule has 2 aromatic rings. The van der Waals surface area contributed by atoms with Gasteiger partial charge in [-0.3, -0.25) is 0 Å². The van der Waals surface area contributed by atoms with Crippen molar-refractivity contribution in [1.82, 2.24) is 14.9 Å². The fourth-order valence-electron chi connectivity index (χ4n) is 4.06. The largest absolute Gasteiger partial charge is 0.493 e. The van der Waals surface area contributed by atoms with Crippen LogP contribution >= 0.6 is 0 Å². The molecule has 27 heavy (non-hydrogen) atoms. The number of fused-ring (bicyclic) bond motifs is 1. The normalized spacial score (nSPS) is 20.2. The molecule has 0 bridgehead atoms. The van der Waals surface area contributed by atoms with Crippen LogP contribution in [0.1, 0.15) is 12.8 Å². The number of anilines is 2. The number of nitrogens with zero attached hydrogens (tertiary/aromatic N) is 4. The summed E-state index contributed by atoms with van der Waals surface area (Å²) in [4.78, 5) is 13.8. The topological polar surface area (TPSA) is 86.0 Å². The molecule has 2 fully saturated rings. The van der Waals surface area contributed by atoms with Crippen LogP contribution in [-0.4, -0.2) is 74.5 Å². The van der Waals surface area contributed by atoms with Gasteiger partial charge in [-0.15, -0.1) is 0 Å². The molecule has 1 spiro atoms. The van der Waals surface area contributed by atoms with E-state index in [-0.39, 0.29) is 5.60 Å². The van der Waals surface area contributed by atoms with Crippen LogP contribution in [0.5, 0.6) is 11.5 Å². The Bertz CT molecular complexity index is 836. The van der Waals surface area contributed by atoms with Gasteiger partial charge < -0.3 is 29.7 Å². The summed E-state index contributed by atoms with van der Waals surface area (Å²) in [6, 6.07) is 3.67. The van der Waals surface area contributed by atoms with E-state index in [4.69, 9.17) is 24.9 Å². The number of piperidine rings is 1. The molecule has 2 saturated heterocycles. The summed E-state index contributed by atoms with van der Waals surface area (Å²) in [6.07, 6.45) is 1.93. The van der Waals surface area contributed by atoms with Crippen LogP contribution in [0.25, 0.3) is 10.9 Å². The Labute approximate surface area is 159 Å². The number of rotatable bonds is 3. The number of nitrogen functional groups attached to an aromatic ring is 1. The lowest BCUT2D eigenvalue weighted by atomic mass is 9.89. The number of nitrogens with two attached hydrogens (primary N) is 1. The van der Waals surface area contributed by atoms with Gasteiger partial charge in [0.15, 0.2) is 11.5 Å². The van der Waals surface area contributed by atoms with Gasteiger partial charge in [0.1, 0.15) is 5.82 Å². The van der Waals surface area contributed by atoms with Crippen LogP contribution in [-0.2, 0) is 4.74 Å². The van der Waals surface area contributed by atoms with Crippen molar-refractivity contribution in [2.75, 3.05) is 64.7 Å². The predicted molar refractivity (Wildman–Crippen MR) is 105 cm³/mol. The molecule has 146 valence electrons. The Balaban J connectivity index is 1.59. The summed E-state index contributed by atoms with van der Waals surface area (Å²) >= 11 is 0. The van der Waals surface area contributed by atoms with Crippen molar-refractivity contribution in [1.29, 1.82) is 0 Å². The molecule has 1 aromatic heterocycles. The summed E-state index contributed by atoms with van der Waals surface area (Å²) in [5.74, 6) is 2.35. The first-order valence-electron chi connectivity index (χ1n) is 9.30. The second-order valence-electron chi connectivity index (χ2n) is 7.39. The third-order valence-electron chi connectivity index (χ3n) is 5.62. The van der Waals surface area contributed by atoms with Gasteiger partial charge >= 0.3 is 0 Å². The number of hydrogen-bond donors (Lipinski definition) is 1. The van der Waals surface area contributed by atoms with E-state index in [1.807, 2.05) is 12.1 Å². The number of aromatic nitrogens is 2. The molecule has 8 heteroatoms. The van der Waals surface area contributed by atoms with Crippen LogP contribution in [0.3, 0.4) is 0 Å². The first-order chi connectivity index (χ1) is 13.0. The zero-order valence-electron chi connectivity index (χ0n) is 16.2. The van der Waals surface area contributed by atoms with E-state index >= 15 is 0 Å². The number of likely N-dealkylation sites (N-methyl/N-ethyl adjacent to an activating group) is 1. The van der Waals surface area contributed by atoms with Crippen molar-refractivity contribution < 1.29 is 14.2 Å². The fraction of sp³-hybridized carbons (Fsp3) is 0.579. The van der Waals surface area contributed by atoms with Gasteiger partial charge in [0.05, 0.1) is 31.9 Å². The molecule has 1 aromatic carbocycles. The van der Waals surface area contributed by atoms with E-state index in [1.54, 1.807) is 14.2 Å². The van der Waals surface area contributed by atoms with Crippen LogP contribution in [0, 0.1) is 0 Å². The quantitative estimate of drug-likeness (QED) is 0.867. The SMILES string of the molecule is COc1cc2nc(N3CCC4(CC3)CN(C)CCO4)nc(N)c2cc1OC. The van der Waals surface area contributed by atoms with Crippen LogP contribution < -0.4 is 20.1 Å². The Morgan fingerprint density at radius 2 is 1.78 bits per heavy atom. The standard InChI is InChI=1S/C19H27N5O3/c1-23-8-9-27-19(12-23)4-6-24(7-5-19)18-21-14-11-16(26-3)15(25-2)10-13(14)17(20)22-18/h10-11H,4-9,12H2,1-3H3,(H2,20,21,22). The second-order valence-corrected chi connectivity index (χ2v) is 7.39. The molecule has 0 atom stereocenters. The van der Waals surface area contributed by atoms with E-state index in [2.05, 4.69) is 21.8 Å². The number of methoxy groups -OCH3 is 2. The van der Waals surface area contributed by atoms with E-state index in [0.29, 0.717) is 23.3 Å². The van der Waals surface area contributed by atoms with Gasteiger partial charge in [-0.1, -0.05) is 0 Å². The maximum atomic E-state index is 6.23. The Kier molecular flexibility index (Phi) is 4.69. The minimum absolute atomic E-state index is 0.0392. The summed E-state index contributed by atoms with van der Waals surface area (Å²) in [6.45, 7) is 4.50. The molecule has 3 heterocycles. The number of hydrogen-bond acceptors (Lipinski definition) is 8. The fourth-order valence-corrected chi connectivity index (χ4v) is 4.06. The maximum Gasteiger partial charge on any atom is 0.227 e. The second kappa shape index (κ2) is 7.01. The third kappa shape index (κ3) is 3.35. The molecule has 0 aliphatic carbocycles. The third-order valence-corrected chi connectivity index (χ3v) is 5.62. The highest BCUT2D eigenvalue weighted by Gasteiger charge is 2.39. The average Bonchev–Trinajstić information content (AvgIpc) is 2.67. The Morgan fingerprint density at radius 1 is 1.07 bits per heavy atom. The van der Waals surface area contributed by atoms with Crippen LogP contribution in [0.4, 0.5) is 11.8 Å². The number of morpholine rings is 1. The predicted octanol–water partition coefficient (Wildman–Crippen LogP) is 1.53. The van der Waals surface area contributed by atoms with Crippen molar-refractivity contribution in [3.05, 3.63) is 12.1 Å². The highest BCUT2D eigenvalue weighted by Crippen LogP contribution is 2.35. The molecule has 0 saturated carbocycles. The molecular weight excluding hydrogens is 346 g/mol. The highest BCUT2D eigenvalue weighted by atomic mass is 16.5. The molecular formula is C19H27N5O3. The molecule has 2 N–H and O–H groups in total. The highest BCUT2D eigenvalue weighted by molar-refractivity contribution is 5.91. The van der Waals surface area contributed by atoms with Gasteiger partial charge in [0.2, 0.25) is 5.95 Å². The average molecular weight is 373 g/mol. The minimum atomic E-state index is -0.0392. The minimum Gasteiger partial charge on any atom is -0.493 e. The lowest BCUT2D eigenvalue weighted by Gasteiger charge is -2.46. The van der Waals surface area contributed by atoms with E-state index in [0.717, 1.165) is 56.5 Å². The van der Waals surface area contributed by atoms with E-state index < -0.39 is 0 Å². The maximum absolute atomic E-state index is 6.23. The smallest absolute Gasteiger partial charge is 0.227 e. The number of benzene rings is 1. The van der Waals surface area contributed by atoms with Crippen molar-refractivity contribution >= 4 is 22.7 Å². The lowest BCUT2D eigenvalue weighted by Crippen LogP contribution is -2.56. The zero-order chi connectivity index (χ0) is 19.0. The van der Waals surface area contributed by atoms with Gasteiger partial charge in [-0.05, 0) is 26.0 Å². The van der Waals surface area contributed by atoms with Crippen LogP contribution in [0.15, 0.2) is 12.1 Å². The molecule has 2 aliphatic rings. The van der Waals surface area contributed by atoms with Gasteiger partial charge in [0.25, 0.3) is 0 Å². The monoisotopic (exact) mass is 373 g/mol. The molecule has 0 amide bonds. The molecule has 0 unspecified atom stereocenters. The van der Waals surface area contributed by atoms with Crippen molar-refractivity contribution in [3.63, 3.8) is 0 Å². The molecule has 0 radical (unpaired) electrons. The summed E-state index contributed by atoms with van der Waals surface area (Å²) in [5.41, 5.74) is 6.94. The zero-order valence-corrected chi connectivity index (χ0v) is 16.2. The first kappa shape index (κ1) is 18.1. The van der Waals surface area contributed by atoms with Gasteiger partial charge in [-0.2, -0.15) is 4.98 Å². The summed E-state index contributed by atoms with van der Waals surface area (Å²) in [7, 11) is 5.37. The molecule has 2 aliphatic heterocycles. The van der Waals surface area contributed by atoms with E-state index in [9.17, 15) is 0 Å². The van der Waals surface area contributed by atoms with Gasteiger partial charge in [-0.25, -0.2) is 4.98 Å². The van der Waals surface area contributed by atoms with Crippen molar-refractivity contribution in [2.24, 2.45) is 0 Å². The first-order valence-corrected chi connectivity index (χ1v) is 9.30. The summed E-state index contributed by atoms with van der Waals surface area (Å²) in [5, 5.41) is 0.766. The molecule has 8 nitrogen and oxygen atoms in total. The van der Waals surface area contributed by atoms with Crippen molar-refractivity contribution in [2.45, 2.75) is 18.4 Å². The summed E-state index contributed by atoms with van der Waals surface area (Å²) < 4.78 is 16.9. The van der Waals surface area contributed by atoms with Gasteiger partial charge in [0, 0.05) is 37.6 Å². The van der Waals surface area contributed by atoms with Crippen molar-refractivity contribution in [3.8, 4) is 11.5 Å². The number of ether oxygens (including phenoxy) is 3. The van der Waals surface area contributed by atoms with Crippen LogP contribution in [0.2, 0.25) is 0 Å².